The van der Waals surface area contributed by atoms with Crippen molar-refractivity contribution in [2.45, 2.75) is 32.9 Å². The van der Waals surface area contributed by atoms with Gasteiger partial charge < -0.3 is 10.4 Å². The van der Waals surface area contributed by atoms with Gasteiger partial charge in [0.25, 0.3) is 0 Å². The molecule has 0 spiro atoms. The predicted octanol–water partition coefficient (Wildman–Crippen LogP) is 0.607. The average molecular weight is 260 g/mol. The largest absolute Gasteiger partial charge is 0.480 e. The third kappa shape index (κ3) is 2.97. The second kappa shape index (κ2) is 5.67. The summed E-state index contributed by atoms with van der Waals surface area (Å²) in [6, 6.07) is -0.994. The summed E-state index contributed by atoms with van der Waals surface area (Å²) < 4.78 is 1.64. The van der Waals surface area contributed by atoms with E-state index in [-0.39, 0.29) is 6.42 Å². The molecule has 1 amide bonds. The molecule has 0 radical (unpaired) electrons. The molecule has 0 fully saturated rings. The van der Waals surface area contributed by atoms with Crippen molar-refractivity contribution in [1.29, 1.82) is 0 Å². The number of aliphatic carboxylic acids is 1. The van der Waals surface area contributed by atoms with E-state index >= 15 is 0 Å². The predicted molar refractivity (Wildman–Crippen MR) is 62.0 cm³/mol. The van der Waals surface area contributed by atoms with Gasteiger partial charge in [-0.15, -0.1) is 0 Å². The zero-order chi connectivity index (χ0) is 13.0. The lowest BCUT2D eigenvalue weighted by molar-refractivity contribution is -0.140. The monoisotopic (exact) mass is 259 g/mol. The molecule has 1 heterocycles. The van der Waals surface area contributed by atoms with Crippen molar-refractivity contribution in [1.82, 2.24) is 15.1 Å². The molecule has 0 aliphatic heterocycles. The van der Waals surface area contributed by atoms with Crippen molar-refractivity contribution < 1.29 is 14.7 Å². The molecule has 6 nitrogen and oxygen atoms in total. The number of carbonyl (C=O) groups is 2. The Morgan fingerprint density at radius 2 is 2.35 bits per heavy atom. The molecule has 0 aromatic carbocycles. The second-order valence-corrected chi connectivity index (χ2v) is 3.92. The highest BCUT2D eigenvalue weighted by atomic mass is 35.5. The van der Waals surface area contributed by atoms with E-state index in [9.17, 15) is 9.59 Å². The number of carbonyl (C=O) groups excluding carboxylic acids is 1. The summed E-state index contributed by atoms with van der Waals surface area (Å²) in [5.74, 6) is -1.10. The van der Waals surface area contributed by atoms with Crippen LogP contribution in [0.15, 0.2) is 0 Å². The summed E-state index contributed by atoms with van der Waals surface area (Å²) in [4.78, 5) is 21.2. The number of nitrogens with one attached hydrogen (secondary N) is 1. The Bertz CT molecular complexity index is 431. The first-order valence-electron chi connectivity index (χ1n) is 5.15. The van der Waals surface area contributed by atoms with Crippen molar-refractivity contribution in [2.24, 2.45) is 0 Å². The van der Waals surface area contributed by atoms with Gasteiger partial charge in [-0.3, -0.25) is 9.48 Å². The Hall–Kier alpha value is -1.56. The number of amides is 1. The SMILES string of the molecule is CCn1nc(C)c(Cl)c1CC(NC=O)C(=O)O. The van der Waals surface area contributed by atoms with E-state index in [2.05, 4.69) is 10.4 Å². The molecule has 2 N–H and O–H groups in total. The van der Waals surface area contributed by atoms with Crippen molar-refractivity contribution in [2.75, 3.05) is 0 Å². The first kappa shape index (κ1) is 13.5. The number of carboxylic acids is 1. The van der Waals surface area contributed by atoms with Crippen molar-refractivity contribution in [3.05, 3.63) is 16.4 Å². The van der Waals surface area contributed by atoms with Crippen LogP contribution in [-0.4, -0.2) is 33.3 Å². The van der Waals surface area contributed by atoms with Crippen molar-refractivity contribution >= 4 is 24.0 Å². The number of halogens is 1. The molecule has 0 bridgehead atoms. The molecule has 0 saturated heterocycles. The van der Waals surface area contributed by atoms with E-state index in [1.807, 2.05) is 6.92 Å². The zero-order valence-corrected chi connectivity index (χ0v) is 10.4. The molecule has 1 aromatic rings. The lowest BCUT2D eigenvalue weighted by Crippen LogP contribution is -2.38. The molecule has 1 aromatic heterocycles. The molecule has 0 aliphatic carbocycles. The van der Waals surface area contributed by atoms with Crippen molar-refractivity contribution in [3.8, 4) is 0 Å². The third-order valence-corrected chi connectivity index (χ3v) is 2.91. The van der Waals surface area contributed by atoms with Crippen LogP contribution in [0, 0.1) is 6.92 Å². The maximum Gasteiger partial charge on any atom is 0.326 e. The minimum atomic E-state index is -1.10. The fourth-order valence-corrected chi connectivity index (χ4v) is 1.77. The summed E-state index contributed by atoms with van der Waals surface area (Å²) in [6.45, 7) is 4.23. The summed E-state index contributed by atoms with van der Waals surface area (Å²) >= 11 is 6.05. The molecular formula is C10H14ClN3O3. The van der Waals surface area contributed by atoms with Crippen LogP contribution in [0.5, 0.6) is 0 Å². The molecule has 1 atom stereocenters. The lowest BCUT2D eigenvalue weighted by Gasteiger charge is -2.12. The van der Waals surface area contributed by atoms with E-state index in [1.54, 1.807) is 11.6 Å². The van der Waals surface area contributed by atoms with Crippen LogP contribution in [0.4, 0.5) is 0 Å². The van der Waals surface area contributed by atoms with E-state index in [1.165, 1.54) is 0 Å². The van der Waals surface area contributed by atoms with E-state index in [0.29, 0.717) is 29.4 Å². The van der Waals surface area contributed by atoms with Crippen molar-refractivity contribution in [3.63, 3.8) is 0 Å². The molecule has 94 valence electrons. The van der Waals surface area contributed by atoms with Crippen LogP contribution in [0.2, 0.25) is 5.02 Å². The van der Waals surface area contributed by atoms with Gasteiger partial charge in [-0.05, 0) is 13.8 Å². The summed E-state index contributed by atoms with van der Waals surface area (Å²) in [5, 5.41) is 15.8. The molecule has 1 unspecified atom stereocenters. The molecule has 17 heavy (non-hydrogen) atoms. The van der Waals surface area contributed by atoms with Gasteiger partial charge >= 0.3 is 5.97 Å². The fraction of sp³-hybridized carbons (Fsp3) is 0.500. The smallest absolute Gasteiger partial charge is 0.326 e. The van der Waals surface area contributed by atoms with Gasteiger partial charge in [-0.25, -0.2) is 4.79 Å². The second-order valence-electron chi connectivity index (χ2n) is 3.54. The standard InChI is InChI=1S/C10H14ClN3O3/c1-3-14-8(9(11)6(2)13-14)4-7(10(16)17)12-5-15/h5,7H,3-4H2,1-2H3,(H,12,15)(H,16,17). The number of nitrogens with zero attached hydrogens (tertiary/aromatic N) is 2. The Morgan fingerprint density at radius 1 is 1.71 bits per heavy atom. The first-order chi connectivity index (χ1) is 8.01. The number of rotatable bonds is 6. The lowest BCUT2D eigenvalue weighted by atomic mass is 10.1. The van der Waals surface area contributed by atoms with Gasteiger partial charge in [-0.2, -0.15) is 5.10 Å². The molecule has 7 heteroatoms. The average Bonchev–Trinajstić information content (AvgIpc) is 2.55. The Morgan fingerprint density at radius 3 is 2.82 bits per heavy atom. The van der Waals surface area contributed by atoms with Gasteiger partial charge in [0.05, 0.1) is 16.4 Å². The number of carboxylic acid groups (broad SMARTS) is 1. The van der Waals surface area contributed by atoms with Crippen LogP contribution in [0.25, 0.3) is 0 Å². The van der Waals surface area contributed by atoms with E-state index in [0.717, 1.165) is 0 Å². The fourth-order valence-electron chi connectivity index (χ4n) is 1.56. The summed E-state index contributed by atoms with van der Waals surface area (Å²) in [7, 11) is 0. The van der Waals surface area contributed by atoms with Gasteiger partial charge in [-0.1, -0.05) is 11.6 Å². The van der Waals surface area contributed by atoms with Gasteiger partial charge in [0.15, 0.2) is 0 Å². The Kier molecular flexibility index (Phi) is 4.51. The van der Waals surface area contributed by atoms with Crippen LogP contribution >= 0.6 is 11.6 Å². The Balaban J connectivity index is 2.99. The van der Waals surface area contributed by atoms with Crippen LogP contribution in [0.1, 0.15) is 18.3 Å². The van der Waals surface area contributed by atoms with Gasteiger partial charge in [0.2, 0.25) is 6.41 Å². The normalized spacial score (nSPS) is 12.2. The van der Waals surface area contributed by atoms with Crippen LogP contribution in [0.3, 0.4) is 0 Å². The topological polar surface area (TPSA) is 84.2 Å². The number of aryl methyl sites for hydroxylation is 2. The molecule has 1 rings (SSSR count). The molecule has 0 saturated carbocycles. The minimum absolute atomic E-state index is 0.113. The minimum Gasteiger partial charge on any atom is -0.480 e. The quantitative estimate of drug-likeness (QED) is 0.733. The first-order valence-corrected chi connectivity index (χ1v) is 5.53. The van der Waals surface area contributed by atoms with Gasteiger partial charge in [0, 0.05) is 13.0 Å². The summed E-state index contributed by atoms with van der Waals surface area (Å²) in [6.07, 6.45) is 0.480. The maximum atomic E-state index is 10.9. The summed E-state index contributed by atoms with van der Waals surface area (Å²) in [5.41, 5.74) is 1.27. The zero-order valence-electron chi connectivity index (χ0n) is 9.61. The number of aromatic nitrogens is 2. The van der Waals surface area contributed by atoms with Gasteiger partial charge in [0.1, 0.15) is 6.04 Å². The van der Waals surface area contributed by atoms with Crippen LogP contribution in [-0.2, 0) is 22.6 Å². The third-order valence-electron chi connectivity index (χ3n) is 2.42. The van der Waals surface area contributed by atoms with E-state index < -0.39 is 12.0 Å². The number of hydrogen-bond acceptors (Lipinski definition) is 3. The highest BCUT2D eigenvalue weighted by molar-refractivity contribution is 6.31. The highest BCUT2D eigenvalue weighted by Crippen LogP contribution is 2.21. The van der Waals surface area contributed by atoms with Crippen LogP contribution < -0.4 is 5.32 Å². The molecule has 0 aliphatic rings. The highest BCUT2D eigenvalue weighted by Gasteiger charge is 2.22. The Labute approximate surface area is 104 Å². The van der Waals surface area contributed by atoms with E-state index in [4.69, 9.17) is 16.7 Å². The number of hydrogen-bond donors (Lipinski definition) is 2. The maximum absolute atomic E-state index is 10.9. The molecular weight excluding hydrogens is 246 g/mol.